The van der Waals surface area contributed by atoms with Gasteiger partial charge in [-0.05, 0) is 0 Å². The number of hydrogen-bond donors (Lipinski definition) is 0. The van der Waals surface area contributed by atoms with Crippen LogP contribution in [-0.2, 0) is 19.5 Å². The van der Waals surface area contributed by atoms with Crippen LogP contribution in [-0.4, -0.2) is 19.6 Å². The summed E-state index contributed by atoms with van der Waals surface area (Å²) < 4.78 is 0. The summed E-state index contributed by atoms with van der Waals surface area (Å²) >= 11 is -0.139. The van der Waals surface area contributed by atoms with Crippen molar-refractivity contribution in [3.05, 3.63) is 13.8 Å². The Bertz CT molecular complexity index is 18.3. The topological polar surface area (TPSA) is 31.5 Å². The molecule has 10 heavy (non-hydrogen) atoms. The van der Waals surface area contributed by atoms with Crippen molar-refractivity contribution in [3.63, 3.8) is 0 Å². The van der Waals surface area contributed by atoms with Gasteiger partial charge < -0.3 is 19.3 Å². The molecule has 0 unspecified atom stereocenters. The zero-order chi connectivity index (χ0) is 7.58. The van der Waals surface area contributed by atoms with Crippen LogP contribution in [0.1, 0.15) is 13.8 Å². The van der Waals surface area contributed by atoms with Crippen LogP contribution in [0, 0.1) is 13.8 Å². The molecule has 1 nitrogen and oxygen atoms in total. The molecule has 0 saturated heterocycles. The van der Waals surface area contributed by atoms with Crippen molar-refractivity contribution in [2.45, 2.75) is 31.2 Å². The molecule has 3 heteroatoms. The van der Waals surface area contributed by atoms with E-state index in [4.69, 9.17) is 0 Å². The molecule has 0 aliphatic rings. The van der Waals surface area contributed by atoms with Crippen LogP contribution in [0.15, 0.2) is 0 Å². The average molecular weight is 214 g/mol. The van der Waals surface area contributed by atoms with Crippen molar-refractivity contribution >= 4 is 14.1 Å². The van der Waals surface area contributed by atoms with Gasteiger partial charge in [-0.25, -0.2) is 0 Å². The number of hydrogen-bond acceptors (Lipinski definition) is 0. The van der Waals surface area contributed by atoms with E-state index in [1.165, 1.54) is 0 Å². The molecule has 2 N–H and O–H groups in total. The van der Waals surface area contributed by atoms with Gasteiger partial charge in [-0.3, -0.25) is 0 Å². The van der Waals surface area contributed by atoms with E-state index in [0.717, 1.165) is 0 Å². The van der Waals surface area contributed by atoms with E-state index in [0.29, 0.717) is 0 Å². The molecule has 0 aliphatic heterocycles. The second-order valence-electron chi connectivity index (χ2n) is 1.73. The molecule has 0 aromatic heterocycles. The second kappa shape index (κ2) is 49.6. The Morgan fingerprint density at radius 1 is 0.800 bits per heavy atom. The first-order valence-corrected chi connectivity index (χ1v) is 6.61. The molecule has 0 atom stereocenters. The van der Waals surface area contributed by atoms with E-state index < -0.39 is 0 Å². The van der Waals surface area contributed by atoms with E-state index in [1.807, 2.05) is 0 Å². The van der Waals surface area contributed by atoms with E-state index in [2.05, 4.69) is 31.2 Å². The van der Waals surface area contributed by atoms with Crippen molar-refractivity contribution in [3.8, 4) is 0 Å². The van der Waals surface area contributed by atoms with Crippen molar-refractivity contribution < 1.29 is 25.0 Å². The van der Waals surface area contributed by atoms with Gasteiger partial charge in [0.15, 0.2) is 0 Å². The minimum atomic E-state index is -0.139. The van der Waals surface area contributed by atoms with E-state index >= 15 is 0 Å². The van der Waals surface area contributed by atoms with Crippen molar-refractivity contribution in [2.24, 2.45) is 0 Å². The number of rotatable bonds is 0. The standard InChI is InChI=1S/2C2H5.3CH3.Al.H2O.Zn/c2*1-2;;;;;;/h2*1H2,2H3;3*1H3;;1H2;/q2*-1;;;;;;+2. The first-order chi connectivity index (χ1) is 3.73. The van der Waals surface area contributed by atoms with Crippen LogP contribution in [0.4, 0.5) is 0 Å². The maximum Gasteiger partial charge on any atom is 2.00 e. The van der Waals surface area contributed by atoms with Gasteiger partial charge in [-0.15, -0.1) is 17.4 Å². The molecule has 0 aliphatic carbocycles. The summed E-state index contributed by atoms with van der Waals surface area (Å²) in [7, 11) is 0. The van der Waals surface area contributed by atoms with Gasteiger partial charge >= 0.3 is 19.5 Å². The molecule has 60 valence electrons. The van der Waals surface area contributed by atoms with Crippen LogP contribution >= 0.6 is 0 Å². The molecule has 0 saturated carbocycles. The molecule has 0 amide bonds. The van der Waals surface area contributed by atoms with E-state index in [9.17, 15) is 0 Å². The summed E-state index contributed by atoms with van der Waals surface area (Å²) in [6, 6.07) is 0. The van der Waals surface area contributed by atoms with Gasteiger partial charge in [0.25, 0.3) is 14.1 Å². The van der Waals surface area contributed by atoms with Crippen LogP contribution in [0.5, 0.6) is 0 Å². The van der Waals surface area contributed by atoms with Crippen molar-refractivity contribution in [2.75, 3.05) is 0 Å². The predicted molar refractivity (Wildman–Crippen MR) is 49.0 cm³/mol. The largest absolute Gasteiger partial charge is 2.00 e. The average Bonchev–Trinajstić information content (AvgIpc) is 1.75. The first-order valence-electron chi connectivity index (χ1n) is 3.15. The van der Waals surface area contributed by atoms with Crippen LogP contribution in [0.2, 0.25) is 17.4 Å². The second-order valence-corrected chi connectivity index (χ2v) is 5.20. The zero-order valence-electron chi connectivity index (χ0n) is 8.20. The molecule has 0 heterocycles. The normalized spacial score (nSPS) is 3.90. The molecule has 0 spiro atoms. The van der Waals surface area contributed by atoms with Gasteiger partial charge in [0.2, 0.25) is 0 Å². The molecule has 0 radical (unpaired) electrons. The third kappa shape index (κ3) is 482. The Kier molecular flexibility index (Phi) is 151. The first kappa shape index (κ1) is 30.4. The minimum Gasteiger partial charge on any atom is -0.412 e. The van der Waals surface area contributed by atoms with E-state index in [1.54, 1.807) is 13.8 Å². The Labute approximate surface area is 84.1 Å². The Morgan fingerprint density at radius 2 is 0.800 bits per heavy atom. The third-order valence-electron chi connectivity index (χ3n) is 0. The van der Waals surface area contributed by atoms with Gasteiger partial charge in [0.05, 0.1) is 0 Å². The van der Waals surface area contributed by atoms with Crippen LogP contribution < -0.4 is 0 Å². The smallest absolute Gasteiger partial charge is 0.412 e. The Morgan fingerprint density at radius 3 is 0.800 bits per heavy atom. The fraction of sp³-hybridized carbons (Fsp3) is 0.714. The summed E-state index contributed by atoms with van der Waals surface area (Å²) in [6.45, 7) is 10.0. The summed E-state index contributed by atoms with van der Waals surface area (Å²) in [4.78, 5) is 0. The maximum atomic E-state index is 3.25. The fourth-order valence-corrected chi connectivity index (χ4v) is 0. The molecule has 0 aromatic rings. The van der Waals surface area contributed by atoms with Gasteiger partial charge in [0, 0.05) is 0 Å². The molecular weight excluding hydrogens is 192 g/mol. The van der Waals surface area contributed by atoms with Crippen LogP contribution in [0.25, 0.3) is 0 Å². The summed E-state index contributed by atoms with van der Waals surface area (Å²) in [6.07, 6.45) is 0. The minimum absolute atomic E-state index is 0. The molecule has 0 bridgehead atoms. The monoisotopic (exact) mass is 212 g/mol. The Balaban J connectivity index is -0.0000000125. The van der Waals surface area contributed by atoms with Gasteiger partial charge in [-0.2, -0.15) is 13.8 Å². The summed E-state index contributed by atoms with van der Waals surface area (Å²) in [5, 5.41) is 0. The van der Waals surface area contributed by atoms with Crippen molar-refractivity contribution in [1.29, 1.82) is 0 Å². The zero-order valence-corrected chi connectivity index (χ0v) is 12.3. The SMILES string of the molecule is O.[CH2-]C.[CH2-]C.[CH3][Al]([CH3])[CH3].[Zn+2]. The maximum absolute atomic E-state index is 3.25. The predicted octanol–water partition coefficient (Wildman–Crippen LogP) is 2.22. The quantitative estimate of drug-likeness (QED) is 0.437. The van der Waals surface area contributed by atoms with Crippen molar-refractivity contribution in [1.82, 2.24) is 0 Å². The molecule has 0 fully saturated rings. The van der Waals surface area contributed by atoms with Crippen LogP contribution in [0.3, 0.4) is 0 Å². The molecule has 0 rings (SSSR count). The van der Waals surface area contributed by atoms with Gasteiger partial charge in [-0.1, -0.05) is 0 Å². The Hall–Kier alpha value is 1.12. The molecule has 0 aromatic carbocycles. The van der Waals surface area contributed by atoms with Gasteiger partial charge in [0.1, 0.15) is 0 Å². The summed E-state index contributed by atoms with van der Waals surface area (Å²) in [5.41, 5.74) is 0. The fourth-order valence-electron chi connectivity index (χ4n) is 0. The third-order valence-corrected chi connectivity index (χ3v) is 0. The molecular formula is C7H21AlOZn. The van der Waals surface area contributed by atoms with E-state index in [-0.39, 0.29) is 39.1 Å². The summed E-state index contributed by atoms with van der Waals surface area (Å²) in [5.74, 6) is 6.92.